The lowest BCUT2D eigenvalue weighted by Crippen LogP contribution is -2.34. The SMILES string of the molecule is CC(C)Oc1ccccc1NC(=S)NC(=O)c1sc2ccccc2c1Cl. The summed E-state index contributed by atoms with van der Waals surface area (Å²) in [5.74, 6) is 0.329. The summed E-state index contributed by atoms with van der Waals surface area (Å²) in [5.41, 5.74) is 0.689. The molecule has 7 heteroatoms. The fourth-order valence-corrected chi connectivity index (χ4v) is 4.02. The molecule has 0 bridgehead atoms. The van der Waals surface area contributed by atoms with Gasteiger partial charge in [0, 0.05) is 10.1 Å². The number of fused-ring (bicyclic) bond motifs is 1. The summed E-state index contributed by atoms with van der Waals surface area (Å²) < 4.78 is 6.70. The van der Waals surface area contributed by atoms with Gasteiger partial charge in [-0.3, -0.25) is 10.1 Å². The van der Waals surface area contributed by atoms with Crippen LogP contribution in [-0.4, -0.2) is 17.1 Å². The third kappa shape index (κ3) is 4.15. The van der Waals surface area contributed by atoms with E-state index in [0.29, 0.717) is 21.3 Å². The Kier molecular flexibility index (Phi) is 5.76. The average molecular weight is 405 g/mol. The van der Waals surface area contributed by atoms with Crippen molar-refractivity contribution in [2.75, 3.05) is 5.32 Å². The molecule has 3 rings (SSSR count). The minimum Gasteiger partial charge on any atom is -0.489 e. The van der Waals surface area contributed by atoms with Crippen LogP contribution in [0.2, 0.25) is 5.02 Å². The molecule has 2 aromatic carbocycles. The number of para-hydroxylation sites is 2. The Bertz CT molecular complexity index is 969. The molecule has 0 aliphatic rings. The van der Waals surface area contributed by atoms with Gasteiger partial charge in [-0.2, -0.15) is 0 Å². The molecule has 0 saturated carbocycles. The molecule has 0 radical (unpaired) electrons. The van der Waals surface area contributed by atoms with Gasteiger partial charge >= 0.3 is 0 Å². The molecule has 0 spiro atoms. The topological polar surface area (TPSA) is 50.4 Å². The molecule has 1 heterocycles. The van der Waals surface area contributed by atoms with Crippen LogP contribution in [0.1, 0.15) is 23.5 Å². The highest BCUT2D eigenvalue weighted by Crippen LogP contribution is 2.35. The Morgan fingerprint density at radius 3 is 2.58 bits per heavy atom. The van der Waals surface area contributed by atoms with Gasteiger partial charge in [-0.1, -0.05) is 41.9 Å². The van der Waals surface area contributed by atoms with Gasteiger partial charge in [0.1, 0.15) is 10.6 Å². The first-order valence-electron chi connectivity index (χ1n) is 8.00. The predicted octanol–water partition coefficient (Wildman–Crippen LogP) is 5.47. The quantitative estimate of drug-likeness (QED) is 0.566. The zero-order valence-electron chi connectivity index (χ0n) is 14.2. The first-order chi connectivity index (χ1) is 12.5. The summed E-state index contributed by atoms with van der Waals surface area (Å²) in [6.07, 6.45) is 0.0264. The highest BCUT2D eigenvalue weighted by Gasteiger charge is 2.18. The molecule has 0 unspecified atom stereocenters. The van der Waals surface area contributed by atoms with Crippen molar-refractivity contribution in [2.24, 2.45) is 0 Å². The van der Waals surface area contributed by atoms with E-state index in [0.717, 1.165) is 10.1 Å². The van der Waals surface area contributed by atoms with Crippen LogP contribution >= 0.6 is 35.2 Å². The second kappa shape index (κ2) is 8.03. The maximum atomic E-state index is 12.6. The van der Waals surface area contributed by atoms with Crippen molar-refractivity contribution >= 4 is 61.9 Å². The summed E-state index contributed by atoms with van der Waals surface area (Å²) in [5, 5.41) is 7.17. The summed E-state index contributed by atoms with van der Waals surface area (Å²) in [4.78, 5) is 13.0. The number of amides is 1. The molecule has 26 heavy (non-hydrogen) atoms. The van der Waals surface area contributed by atoms with Gasteiger partial charge in [-0.05, 0) is 44.3 Å². The number of ether oxygens (including phenoxy) is 1. The fourth-order valence-electron chi connectivity index (χ4n) is 2.40. The molecular weight excluding hydrogens is 388 g/mol. The highest BCUT2D eigenvalue weighted by atomic mass is 35.5. The lowest BCUT2D eigenvalue weighted by Gasteiger charge is -2.16. The summed E-state index contributed by atoms with van der Waals surface area (Å²) in [6.45, 7) is 3.89. The maximum absolute atomic E-state index is 12.6. The number of hydrogen-bond donors (Lipinski definition) is 2. The van der Waals surface area contributed by atoms with Crippen LogP contribution in [0.5, 0.6) is 5.75 Å². The van der Waals surface area contributed by atoms with Crippen molar-refractivity contribution in [3.8, 4) is 5.75 Å². The van der Waals surface area contributed by atoms with Gasteiger partial charge in [0.2, 0.25) is 0 Å². The van der Waals surface area contributed by atoms with E-state index in [1.807, 2.05) is 62.4 Å². The first kappa shape index (κ1) is 18.6. The number of hydrogen-bond acceptors (Lipinski definition) is 4. The van der Waals surface area contributed by atoms with Crippen molar-refractivity contribution in [3.63, 3.8) is 0 Å². The van der Waals surface area contributed by atoms with Crippen molar-refractivity contribution < 1.29 is 9.53 Å². The molecule has 0 fully saturated rings. The van der Waals surface area contributed by atoms with Crippen LogP contribution < -0.4 is 15.4 Å². The number of halogens is 1. The normalized spacial score (nSPS) is 10.8. The zero-order chi connectivity index (χ0) is 18.7. The predicted molar refractivity (Wildman–Crippen MR) is 113 cm³/mol. The van der Waals surface area contributed by atoms with Crippen molar-refractivity contribution in [1.82, 2.24) is 5.32 Å². The van der Waals surface area contributed by atoms with E-state index < -0.39 is 0 Å². The standard InChI is InChI=1S/C19H17ClN2O2S2/c1-11(2)24-14-9-5-4-8-13(14)21-19(25)22-18(23)17-16(20)12-7-3-6-10-15(12)26-17/h3-11H,1-2H3,(H2,21,22,23,25). The molecule has 134 valence electrons. The molecule has 0 saturated heterocycles. The number of anilines is 1. The van der Waals surface area contributed by atoms with Gasteiger partial charge in [0.15, 0.2) is 5.11 Å². The van der Waals surface area contributed by atoms with Crippen LogP contribution in [0.4, 0.5) is 5.69 Å². The number of carbonyl (C=O) groups excluding carboxylic acids is 1. The van der Waals surface area contributed by atoms with Gasteiger partial charge in [0.05, 0.1) is 16.8 Å². The van der Waals surface area contributed by atoms with E-state index in [-0.39, 0.29) is 17.1 Å². The van der Waals surface area contributed by atoms with E-state index >= 15 is 0 Å². The van der Waals surface area contributed by atoms with Crippen LogP contribution in [0, 0.1) is 0 Å². The largest absolute Gasteiger partial charge is 0.489 e. The van der Waals surface area contributed by atoms with Gasteiger partial charge in [-0.25, -0.2) is 0 Å². The third-order valence-corrected chi connectivity index (χ3v) is 5.34. The number of thiophene rings is 1. The maximum Gasteiger partial charge on any atom is 0.269 e. The van der Waals surface area contributed by atoms with E-state index in [4.69, 9.17) is 28.6 Å². The number of rotatable bonds is 4. The van der Waals surface area contributed by atoms with Gasteiger partial charge in [-0.15, -0.1) is 11.3 Å². The van der Waals surface area contributed by atoms with E-state index in [1.165, 1.54) is 11.3 Å². The van der Waals surface area contributed by atoms with E-state index in [2.05, 4.69) is 10.6 Å². The Balaban J connectivity index is 1.74. The minimum absolute atomic E-state index is 0.0264. The molecule has 1 amide bonds. The Morgan fingerprint density at radius 1 is 1.15 bits per heavy atom. The smallest absolute Gasteiger partial charge is 0.269 e. The lowest BCUT2D eigenvalue weighted by atomic mass is 10.2. The van der Waals surface area contributed by atoms with Crippen LogP contribution in [0.15, 0.2) is 48.5 Å². The summed E-state index contributed by atoms with van der Waals surface area (Å²) in [7, 11) is 0. The lowest BCUT2D eigenvalue weighted by molar-refractivity contribution is 0.0982. The van der Waals surface area contributed by atoms with Crippen molar-refractivity contribution in [3.05, 3.63) is 58.4 Å². The molecule has 0 atom stereocenters. The zero-order valence-corrected chi connectivity index (χ0v) is 16.6. The third-order valence-electron chi connectivity index (χ3n) is 3.47. The molecule has 0 aliphatic carbocycles. The van der Waals surface area contributed by atoms with E-state index in [1.54, 1.807) is 0 Å². The summed E-state index contributed by atoms with van der Waals surface area (Å²) in [6, 6.07) is 15.0. The molecular formula is C19H17ClN2O2S2. The second-order valence-corrected chi connectivity index (χ2v) is 7.65. The number of thiocarbonyl (C=S) groups is 1. The molecule has 3 aromatic rings. The highest BCUT2D eigenvalue weighted by molar-refractivity contribution is 7.80. The van der Waals surface area contributed by atoms with E-state index in [9.17, 15) is 4.79 Å². The van der Waals surface area contributed by atoms with Gasteiger partial charge < -0.3 is 10.1 Å². The minimum atomic E-state index is -0.337. The number of nitrogens with one attached hydrogen (secondary N) is 2. The first-order valence-corrected chi connectivity index (χ1v) is 9.61. The summed E-state index contributed by atoms with van der Waals surface area (Å²) >= 11 is 13.0. The van der Waals surface area contributed by atoms with Crippen molar-refractivity contribution in [1.29, 1.82) is 0 Å². The Hall–Kier alpha value is -2.15. The molecule has 2 N–H and O–H groups in total. The van der Waals surface area contributed by atoms with Gasteiger partial charge in [0.25, 0.3) is 5.91 Å². The van der Waals surface area contributed by atoms with Crippen molar-refractivity contribution in [2.45, 2.75) is 20.0 Å². The molecule has 1 aromatic heterocycles. The second-order valence-electron chi connectivity index (χ2n) is 5.81. The average Bonchev–Trinajstić information content (AvgIpc) is 2.93. The van der Waals surface area contributed by atoms with Crippen LogP contribution in [-0.2, 0) is 0 Å². The monoisotopic (exact) mass is 404 g/mol. The van der Waals surface area contributed by atoms with Crippen LogP contribution in [0.25, 0.3) is 10.1 Å². The Labute approximate surface area is 166 Å². The van der Waals surface area contributed by atoms with Crippen LogP contribution in [0.3, 0.4) is 0 Å². The molecule has 0 aliphatic heterocycles. The number of carbonyl (C=O) groups is 1. The molecule has 4 nitrogen and oxygen atoms in total. The Morgan fingerprint density at radius 2 is 1.85 bits per heavy atom. The fraction of sp³-hybridized carbons (Fsp3) is 0.158. The number of benzene rings is 2.